The summed E-state index contributed by atoms with van der Waals surface area (Å²) < 4.78 is 10.3. The minimum absolute atomic E-state index is 0.168. The summed E-state index contributed by atoms with van der Waals surface area (Å²) >= 11 is 0. The number of hydrogen-bond donors (Lipinski definition) is 1. The molecule has 1 fully saturated rings. The van der Waals surface area contributed by atoms with Gasteiger partial charge in [-0.3, -0.25) is 9.59 Å². The van der Waals surface area contributed by atoms with Gasteiger partial charge in [0.15, 0.2) is 0 Å². The highest BCUT2D eigenvalue weighted by molar-refractivity contribution is 5.90. The molecule has 1 N–H and O–H groups in total. The molecule has 4 atom stereocenters. The zero-order chi connectivity index (χ0) is 32.3. The van der Waals surface area contributed by atoms with Gasteiger partial charge in [0.05, 0.1) is 16.9 Å². The van der Waals surface area contributed by atoms with Crippen molar-refractivity contribution in [3.05, 3.63) is 95.6 Å². The molecular weight excluding hydrogens is 576 g/mol. The highest BCUT2D eigenvalue weighted by Crippen LogP contribution is 2.49. The van der Waals surface area contributed by atoms with Crippen molar-refractivity contribution in [1.29, 1.82) is 0 Å². The van der Waals surface area contributed by atoms with Crippen LogP contribution in [-0.4, -0.2) is 89.1 Å². The van der Waals surface area contributed by atoms with Crippen LogP contribution in [0.5, 0.6) is 0 Å². The van der Waals surface area contributed by atoms with Gasteiger partial charge in [0.2, 0.25) is 5.91 Å². The molecule has 236 valence electrons. The van der Waals surface area contributed by atoms with Gasteiger partial charge in [-0.25, -0.2) is 4.79 Å². The van der Waals surface area contributed by atoms with Gasteiger partial charge in [-0.2, -0.15) is 9.59 Å². The minimum atomic E-state index is -1.37. The van der Waals surface area contributed by atoms with Gasteiger partial charge < -0.3 is 29.5 Å². The van der Waals surface area contributed by atoms with Crippen LogP contribution in [-0.2, 0) is 28.7 Å². The maximum atomic E-state index is 12.6. The first-order chi connectivity index (χ1) is 21.8. The van der Waals surface area contributed by atoms with Gasteiger partial charge >= 0.3 is 12.1 Å². The Balaban J connectivity index is 0.000000198. The summed E-state index contributed by atoms with van der Waals surface area (Å²) in [5.41, 5.74) is 5.41. The average molecular weight is 615 g/mol. The number of rotatable bonds is 7. The Bertz CT molecular complexity index is 1480. The summed E-state index contributed by atoms with van der Waals surface area (Å²) in [5, 5.41) is 3.55. The van der Waals surface area contributed by atoms with Crippen LogP contribution in [0, 0.1) is 0 Å². The number of carbonyl (C=O) groups excluding carboxylic acids is 5. The first-order valence-corrected chi connectivity index (χ1v) is 14.7. The molecule has 3 aliphatic rings. The topological polar surface area (TPSA) is 126 Å². The highest BCUT2D eigenvalue weighted by Gasteiger charge is 2.42. The van der Waals surface area contributed by atoms with Gasteiger partial charge in [-0.15, -0.1) is 0 Å². The summed E-state index contributed by atoms with van der Waals surface area (Å²) in [6.07, 6.45) is 0.171. The van der Waals surface area contributed by atoms with E-state index in [0.29, 0.717) is 17.0 Å². The number of likely N-dealkylation sites (N-methyl/N-ethyl adjacent to an activating group) is 2. The summed E-state index contributed by atoms with van der Waals surface area (Å²) in [5.74, 6) is -1.28. The Hall–Kier alpha value is -4.99. The Morgan fingerprint density at radius 3 is 2.29 bits per heavy atom. The van der Waals surface area contributed by atoms with Crippen molar-refractivity contribution in [2.45, 2.75) is 30.6 Å². The normalized spacial score (nSPS) is 18.6. The molecule has 0 unspecified atom stereocenters. The van der Waals surface area contributed by atoms with E-state index in [1.807, 2.05) is 0 Å². The molecule has 0 spiro atoms. The molecule has 3 aromatic rings. The molecule has 1 amide bonds. The zero-order valence-electron chi connectivity index (χ0n) is 25.6. The molecule has 3 aliphatic heterocycles. The average Bonchev–Trinajstić information content (AvgIpc) is 3.39. The van der Waals surface area contributed by atoms with Crippen molar-refractivity contribution < 1.29 is 33.4 Å². The first kappa shape index (κ1) is 32.9. The molecule has 0 aliphatic carbocycles. The lowest BCUT2D eigenvalue weighted by molar-refractivity contribution is -0.191. The van der Waals surface area contributed by atoms with Crippen LogP contribution in [0.3, 0.4) is 0 Å². The zero-order valence-corrected chi connectivity index (χ0v) is 25.6. The van der Waals surface area contributed by atoms with Crippen molar-refractivity contribution in [2.75, 3.05) is 57.1 Å². The smallest absolute Gasteiger partial charge is 0.373 e. The molecule has 0 bridgehead atoms. The number of carbonyl (C=O) groups is 3. The summed E-state index contributed by atoms with van der Waals surface area (Å²) in [4.78, 5) is 58.5. The van der Waals surface area contributed by atoms with Gasteiger partial charge in [-0.1, -0.05) is 60.7 Å². The number of amides is 1. The number of hydrogen-bond acceptors (Lipinski definition) is 10. The number of nitrogens with zero attached hydrogens (tertiary/aromatic N) is 3. The molecule has 0 aromatic heterocycles. The van der Waals surface area contributed by atoms with E-state index in [-0.39, 0.29) is 18.5 Å². The first-order valence-electron chi connectivity index (χ1n) is 14.7. The number of nitrogens with one attached hydrogen (secondary N) is 1. The molecular formula is C34H38N4O7. The lowest BCUT2D eigenvalue weighted by Gasteiger charge is -2.39. The number of benzene rings is 3. The van der Waals surface area contributed by atoms with Crippen molar-refractivity contribution in [1.82, 2.24) is 10.2 Å². The predicted molar refractivity (Wildman–Crippen MR) is 167 cm³/mol. The van der Waals surface area contributed by atoms with E-state index in [0.717, 1.165) is 19.1 Å². The standard InChI is InChI=1S/C19H19NO5.C14H19N3.CO2/c1-20(2)17(22)16(14-9-5-3-6-10-14)19(24-13-21)25-18(23)15-11-7-4-8-12-15;1-16-7-8-17-12-5-6-15-9-11(12)10-3-2-4-13(16)14(10)17;2-1-3/h3-13,16,19H,1-2H3;2-4,11-12,15H,5-9H2,1H3;/t16-,19+;11-,12-;/m10./s1. The number of piperidine rings is 1. The highest BCUT2D eigenvalue weighted by atomic mass is 16.7. The third-order valence-corrected chi connectivity index (χ3v) is 8.23. The second-order valence-corrected chi connectivity index (χ2v) is 11.1. The number of para-hydroxylation sites is 1. The van der Waals surface area contributed by atoms with Crippen LogP contribution < -0.4 is 15.1 Å². The fraction of sp³-hybridized carbons (Fsp3) is 0.353. The summed E-state index contributed by atoms with van der Waals surface area (Å²) in [7, 11) is 5.37. The fourth-order valence-electron chi connectivity index (χ4n) is 6.16. The van der Waals surface area contributed by atoms with E-state index in [9.17, 15) is 14.4 Å². The number of ether oxygens (including phenoxy) is 2. The molecule has 3 heterocycles. The Morgan fingerprint density at radius 1 is 0.978 bits per heavy atom. The lowest BCUT2D eigenvalue weighted by atomic mass is 9.90. The summed E-state index contributed by atoms with van der Waals surface area (Å²) in [6.45, 7) is 4.86. The largest absolute Gasteiger partial charge is 0.426 e. The maximum Gasteiger partial charge on any atom is 0.373 e. The number of esters is 1. The van der Waals surface area contributed by atoms with Gasteiger partial charge in [0, 0.05) is 52.7 Å². The van der Waals surface area contributed by atoms with Crippen LogP contribution in [0.25, 0.3) is 0 Å². The van der Waals surface area contributed by atoms with Crippen molar-refractivity contribution >= 4 is 35.9 Å². The number of anilines is 2. The van der Waals surface area contributed by atoms with E-state index in [1.165, 1.54) is 35.8 Å². The van der Waals surface area contributed by atoms with E-state index < -0.39 is 18.2 Å². The molecule has 11 heteroatoms. The Morgan fingerprint density at radius 2 is 1.64 bits per heavy atom. The minimum Gasteiger partial charge on any atom is -0.426 e. The second-order valence-electron chi connectivity index (χ2n) is 11.1. The van der Waals surface area contributed by atoms with Crippen molar-refractivity contribution in [3.63, 3.8) is 0 Å². The predicted octanol–water partition coefficient (Wildman–Crippen LogP) is 3.03. The Kier molecular flexibility index (Phi) is 11.4. The summed E-state index contributed by atoms with van der Waals surface area (Å²) in [6, 6.07) is 24.6. The molecule has 6 rings (SSSR count). The van der Waals surface area contributed by atoms with Crippen LogP contribution in [0.2, 0.25) is 0 Å². The van der Waals surface area contributed by atoms with Gasteiger partial charge in [-0.05, 0) is 42.3 Å². The third-order valence-electron chi connectivity index (χ3n) is 8.23. The van der Waals surface area contributed by atoms with E-state index in [1.54, 1.807) is 80.3 Å². The number of fused-ring (bicyclic) bond motifs is 3. The SMILES string of the molecule is CN(C)C(=O)[C@@H](c1ccccc1)[C@@H](OC=O)OC(=O)c1ccccc1.CN1CCN2c3c(cccc31)[C@@H]1CNCC[C@@H]12.O=C=O. The second kappa shape index (κ2) is 15.7. The monoisotopic (exact) mass is 614 g/mol. The molecule has 0 radical (unpaired) electrons. The molecule has 3 aromatic carbocycles. The molecule has 1 saturated heterocycles. The van der Waals surface area contributed by atoms with Crippen LogP contribution >= 0.6 is 0 Å². The van der Waals surface area contributed by atoms with Crippen molar-refractivity contribution in [2.24, 2.45) is 0 Å². The molecule has 11 nitrogen and oxygen atoms in total. The Labute approximate surface area is 262 Å². The van der Waals surface area contributed by atoms with Crippen molar-refractivity contribution in [3.8, 4) is 0 Å². The van der Waals surface area contributed by atoms with E-state index in [4.69, 9.17) is 19.1 Å². The maximum absolute atomic E-state index is 12.6. The lowest BCUT2D eigenvalue weighted by Crippen LogP contribution is -2.48. The van der Waals surface area contributed by atoms with Gasteiger partial charge in [0.25, 0.3) is 12.8 Å². The molecule has 0 saturated carbocycles. The van der Waals surface area contributed by atoms with Gasteiger partial charge in [0.1, 0.15) is 5.92 Å². The molecule has 45 heavy (non-hydrogen) atoms. The van der Waals surface area contributed by atoms with Crippen LogP contribution in [0.15, 0.2) is 78.9 Å². The van der Waals surface area contributed by atoms with Crippen LogP contribution in [0.1, 0.15) is 39.7 Å². The third kappa shape index (κ3) is 7.57. The van der Waals surface area contributed by atoms with Crippen LogP contribution in [0.4, 0.5) is 11.4 Å². The van der Waals surface area contributed by atoms with E-state index in [2.05, 4.69) is 40.4 Å². The quantitative estimate of drug-likeness (QED) is 0.241. The fourth-order valence-corrected chi connectivity index (χ4v) is 6.16. The van der Waals surface area contributed by atoms with E-state index >= 15 is 0 Å².